The van der Waals surface area contributed by atoms with Gasteiger partial charge >= 0.3 is 0 Å². The molecule has 3 aromatic carbocycles. The molecule has 1 heterocycles. The summed E-state index contributed by atoms with van der Waals surface area (Å²) in [5.74, 6) is 2.17. The van der Waals surface area contributed by atoms with E-state index in [1.807, 2.05) is 66.7 Å². The fourth-order valence-electron chi connectivity index (χ4n) is 3.21. The van der Waals surface area contributed by atoms with Crippen molar-refractivity contribution in [3.63, 3.8) is 0 Å². The van der Waals surface area contributed by atoms with E-state index in [0.717, 1.165) is 38.7 Å². The van der Waals surface area contributed by atoms with Crippen LogP contribution in [0.1, 0.15) is 11.1 Å². The molecule has 1 N–H and O–H groups in total. The lowest BCUT2D eigenvalue weighted by Crippen LogP contribution is -2.17. The van der Waals surface area contributed by atoms with Crippen LogP contribution in [0, 0.1) is 0 Å². The first-order chi connectivity index (χ1) is 16.6. The van der Waals surface area contributed by atoms with Gasteiger partial charge in [-0.05, 0) is 58.0 Å². The highest BCUT2D eigenvalue weighted by molar-refractivity contribution is 9.10. The van der Waals surface area contributed by atoms with Gasteiger partial charge in [-0.3, -0.25) is 0 Å². The Kier molecular flexibility index (Phi) is 8.81. The van der Waals surface area contributed by atoms with Crippen LogP contribution in [-0.2, 0) is 13.2 Å². The van der Waals surface area contributed by atoms with Gasteiger partial charge in [0, 0.05) is 28.3 Å². The minimum atomic E-state index is 0.403. The zero-order valence-corrected chi connectivity index (χ0v) is 21.6. The van der Waals surface area contributed by atoms with Crippen molar-refractivity contribution in [3.8, 4) is 17.2 Å². The molecule has 0 fully saturated rings. The van der Waals surface area contributed by atoms with Crippen LogP contribution in [0.5, 0.6) is 11.5 Å². The molecule has 34 heavy (non-hydrogen) atoms. The van der Waals surface area contributed by atoms with E-state index in [0.29, 0.717) is 29.7 Å². The highest BCUT2D eigenvalue weighted by atomic mass is 79.9. The summed E-state index contributed by atoms with van der Waals surface area (Å²) in [5.41, 5.74) is 3.01. The minimum Gasteiger partial charge on any atom is -0.493 e. The molecular formula is C24H23BrClN5O2S. The highest BCUT2D eigenvalue weighted by Crippen LogP contribution is 2.34. The number of tetrazole rings is 1. The lowest BCUT2D eigenvalue weighted by Gasteiger charge is -2.14. The average molecular weight is 561 g/mol. The number of nitrogens with zero attached hydrogens (tertiary/aromatic N) is 4. The number of rotatable bonds is 11. The topological polar surface area (TPSA) is 74.1 Å². The number of ether oxygens (including phenoxy) is 2. The quantitative estimate of drug-likeness (QED) is 0.190. The third-order valence-electron chi connectivity index (χ3n) is 4.88. The fraction of sp³-hybridized carbons (Fsp3) is 0.208. The Morgan fingerprint density at radius 2 is 1.91 bits per heavy atom. The maximum absolute atomic E-state index is 6.06. The van der Waals surface area contributed by atoms with Gasteiger partial charge in [0.15, 0.2) is 11.5 Å². The second-order valence-corrected chi connectivity index (χ2v) is 9.60. The van der Waals surface area contributed by atoms with Gasteiger partial charge in [0.25, 0.3) is 0 Å². The number of thioether (sulfide) groups is 1. The monoisotopic (exact) mass is 559 g/mol. The standard InChI is InChI=1S/C24H23BrClN5O2S/c1-32-22-13-18(21(25)14-23(22)33-16-17-6-5-7-19(26)12-17)15-27-10-11-34-24-28-29-30-31(24)20-8-3-2-4-9-20/h2-9,12-14,27H,10-11,15-16H2,1H3. The Balaban J connectivity index is 1.29. The molecule has 0 saturated carbocycles. The first-order valence-corrected chi connectivity index (χ1v) is 12.7. The maximum Gasteiger partial charge on any atom is 0.214 e. The normalized spacial score (nSPS) is 10.9. The van der Waals surface area contributed by atoms with E-state index in [1.165, 1.54) is 0 Å². The van der Waals surface area contributed by atoms with Crippen molar-refractivity contribution >= 4 is 39.3 Å². The van der Waals surface area contributed by atoms with Crippen molar-refractivity contribution in [1.29, 1.82) is 0 Å². The summed E-state index contributed by atoms with van der Waals surface area (Å²) in [6.45, 7) is 1.87. The fourth-order valence-corrected chi connectivity index (χ4v) is 4.67. The predicted molar refractivity (Wildman–Crippen MR) is 138 cm³/mol. The number of hydrogen-bond donors (Lipinski definition) is 1. The van der Waals surface area contributed by atoms with Gasteiger partial charge in [0.1, 0.15) is 6.61 Å². The SMILES string of the molecule is COc1cc(CNCCSc2nnnn2-c2ccccc2)c(Br)cc1OCc1cccc(Cl)c1. The van der Waals surface area contributed by atoms with Crippen LogP contribution in [0.25, 0.3) is 5.69 Å². The third-order valence-corrected chi connectivity index (χ3v) is 6.78. The molecule has 0 aliphatic rings. The van der Waals surface area contributed by atoms with Crippen molar-refractivity contribution in [2.45, 2.75) is 18.3 Å². The molecule has 0 saturated heterocycles. The van der Waals surface area contributed by atoms with Crippen LogP contribution >= 0.6 is 39.3 Å². The number of benzene rings is 3. The molecule has 0 spiro atoms. The van der Waals surface area contributed by atoms with E-state index >= 15 is 0 Å². The first-order valence-electron chi connectivity index (χ1n) is 10.5. The van der Waals surface area contributed by atoms with Crippen LogP contribution < -0.4 is 14.8 Å². The van der Waals surface area contributed by atoms with E-state index < -0.39 is 0 Å². The Morgan fingerprint density at radius 1 is 1.06 bits per heavy atom. The number of methoxy groups -OCH3 is 1. The maximum atomic E-state index is 6.06. The third kappa shape index (κ3) is 6.50. The lowest BCUT2D eigenvalue weighted by molar-refractivity contribution is 0.284. The highest BCUT2D eigenvalue weighted by Gasteiger charge is 2.12. The van der Waals surface area contributed by atoms with Gasteiger partial charge < -0.3 is 14.8 Å². The van der Waals surface area contributed by atoms with Crippen molar-refractivity contribution in [3.05, 3.63) is 87.4 Å². The average Bonchev–Trinajstić information content (AvgIpc) is 3.32. The lowest BCUT2D eigenvalue weighted by atomic mass is 10.2. The van der Waals surface area contributed by atoms with Crippen molar-refractivity contribution in [2.75, 3.05) is 19.4 Å². The molecule has 10 heteroatoms. The zero-order valence-electron chi connectivity index (χ0n) is 18.4. The summed E-state index contributed by atoms with van der Waals surface area (Å²) >= 11 is 11.3. The van der Waals surface area contributed by atoms with Gasteiger partial charge in [-0.2, -0.15) is 4.68 Å². The van der Waals surface area contributed by atoms with Crippen LogP contribution in [-0.4, -0.2) is 39.6 Å². The van der Waals surface area contributed by atoms with Crippen LogP contribution in [0.15, 0.2) is 76.4 Å². The van der Waals surface area contributed by atoms with Crippen LogP contribution in [0.3, 0.4) is 0 Å². The van der Waals surface area contributed by atoms with Crippen LogP contribution in [0.4, 0.5) is 0 Å². The number of para-hydroxylation sites is 1. The van der Waals surface area contributed by atoms with E-state index in [9.17, 15) is 0 Å². The molecule has 0 radical (unpaired) electrons. The molecule has 176 valence electrons. The summed E-state index contributed by atoms with van der Waals surface area (Å²) in [5, 5.41) is 16.9. The van der Waals surface area contributed by atoms with Gasteiger partial charge in [-0.25, -0.2) is 0 Å². The number of nitrogens with one attached hydrogen (secondary N) is 1. The summed E-state index contributed by atoms with van der Waals surface area (Å²) < 4.78 is 14.2. The smallest absolute Gasteiger partial charge is 0.214 e. The molecule has 0 bridgehead atoms. The predicted octanol–water partition coefficient (Wildman–Crippen LogP) is 5.55. The summed E-state index contributed by atoms with van der Waals surface area (Å²) in [6.07, 6.45) is 0. The van der Waals surface area contributed by atoms with Crippen molar-refractivity contribution in [2.24, 2.45) is 0 Å². The molecular weight excluding hydrogens is 538 g/mol. The molecule has 0 atom stereocenters. The number of halogens is 2. The van der Waals surface area contributed by atoms with Gasteiger partial charge in [0.2, 0.25) is 5.16 Å². The van der Waals surface area contributed by atoms with Gasteiger partial charge in [-0.15, -0.1) is 5.10 Å². The Labute approximate surface area is 215 Å². The number of aromatic nitrogens is 4. The molecule has 1 aromatic heterocycles. The van der Waals surface area contributed by atoms with Gasteiger partial charge in [0.05, 0.1) is 12.8 Å². The molecule has 4 aromatic rings. The largest absolute Gasteiger partial charge is 0.493 e. The van der Waals surface area contributed by atoms with Gasteiger partial charge in [-0.1, -0.05) is 69.6 Å². The van der Waals surface area contributed by atoms with E-state index in [1.54, 1.807) is 23.6 Å². The zero-order chi connectivity index (χ0) is 23.8. The van der Waals surface area contributed by atoms with E-state index in [4.69, 9.17) is 21.1 Å². The number of hydrogen-bond acceptors (Lipinski definition) is 7. The van der Waals surface area contributed by atoms with E-state index in [2.05, 4.69) is 36.8 Å². The molecule has 7 nitrogen and oxygen atoms in total. The minimum absolute atomic E-state index is 0.403. The van der Waals surface area contributed by atoms with E-state index in [-0.39, 0.29) is 0 Å². The summed E-state index contributed by atoms with van der Waals surface area (Å²) in [4.78, 5) is 0. The van der Waals surface area contributed by atoms with Crippen molar-refractivity contribution in [1.82, 2.24) is 25.5 Å². The Morgan fingerprint density at radius 3 is 2.71 bits per heavy atom. The first kappa shape index (κ1) is 24.5. The Hall–Kier alpha value is -2.59. The van der Waals surface area contributed by atoms with Crippen molar-refractivity contribution < 1.29 is 9.47 Å². The molecule has 4 rings (SSSR count). The second kappa shape index (κ2) is 12.2. The summed E-state index contributed by atoms with van der Waals surface area (Å²) in [6, 6.07) is 21.4. The molecule has 0 unspecified atom stereocenters. The van der Waals surface area contributed by atoms with Crippen LogP contribution in [0.2, 0.25) is 5.02 Å². The summed E-state index contributed by atoms with van der Waals surface area (Å²) in [7, 11) is 1.64. The molecule has 0 aliphatic carbocycles. The second-order valence-electron chi connectivity index (χ2n) is 7.25. The molecule has 0 aliphatic heterocycles. The Bertz CT molecular complexity index is 1230. The molecule has 0 amide bonds.